The number of halogens is 1. The predicted molar refractivity (Wildman–Crippen MR) is 63.1 cm³/mol. The van der Waals surface area contributed by atoms with Crippen molar-refractivity contribution in [3.63, 3.8) is 0 Å². The second-order valence-electron chi connectivity index (χ2n) is 3.41. The fourth-order valence-corrected chi connectivity index (χ4v) is 1.39. The Kier molecular flexibility index (Phi) is 3.47. The summed E-state index contributed by atoms with van der Waals surface area (Å²) in [6, 6.07) is 5.83. The Bertz CT molecular complexity index is 575. The highest BCUT2D eigenvalue weighted by Gasteiger charge is 2.13. The summed E-state index contributed by atoms with van der Waals surface area (Å²) < 4.78 is 17.6. The Hall–Kier alpha value is -2.50. The molecule has 0 saturated carbocycles. The zero-order valence-corrected chi connectivity index (χ0v) is 9.55. The minimum Gasteiger partial charge on any atom is -0.465 e. The third kappa shape index (κ3) is 2.60. The minimum atomic E-state index is -0.561. The van der Waals surface area contributed by atoms with Crippen molar-refractivity contribution in [1.29, 1.82) is 0 Å². The number of ether oxygens (including phenoxy) is 1. The van der Waals surface area contributed by atoms with Gasteiger partial charge in [0.1, 0.15) is 23.5 Å². The Morgan fingerprint density at radius 1 is 1.44 bits per heavy atom. The summed E-state index contributed by atoms with van der Waals surface area (Å²) in [6.07, 6.45) is 2.62. The van der Waals surface area contributed by atoms with Crippen molar-refractivity contribution in [1.82, 2.24) is 9.97 Å². The second kappa shape index (κ2) is 5.22. The van der Waals surface area contributed by atoms with Crippen LogP contribution in [-0.2, 0) is 4.74 Å². The number of benzene rings is 1. The van der Waals surface area contributed by atoms with E-state index in [1.807, 2.05) is 0 Å². The maximum atomic E-state index is 13.0. The van der Waals surface area contributed by atoms with Crippen LogP contribution in [0.5, 0.6) is 0 Å². The van der Waals surface area contributed by atoms with Crippen LogP contribution in [0.4, 0.5) is 15.9 Å². The molecule has 0 atom stereocenters. The number of aromatic nitrogens is 2. The van der Waals surface area contributed by atoms with Gasteiger partial charge in [-0.1, -0.05) is 6.07 Å². The standard InChI is InChI=1S/C12H10FN3O2/c1-18-12(17)10-6-14-7-15-11(10)16-9-4-2-3-8(13)5-9/h2-7H,1H3,(H,14,15,16). The fraction of sp³-hybridized carbons (Fsp3) is 0.0833. The first-order valence-corrected chi connectivity index (χ1v) is 5.11. The molecule has 1 heterocycles. The second-order valence-corrected chi connectivity index (χ2v) is 3.41. The number of hydrogen-bond donors (Lipinski definition) is 1. The van der Waals surface area contributed by atoms with Gasteiger partial charge < -0.3 is 10.1 Å². The summed E-state index contributed by atoms with van der Waals surface area (Å²) in [4.78, 5) is 19.1. The monoisotopic (exact) mass is 247 g/mol. The molecule has 0 radical (unpaired) electrons. The fourth-order valence-electron chi connectivity index (χ4n) is 1.39. The third-order valence-corrected chi connectivity index (χ3v) is 2.20. The van der Waals surface area contributed by atoms with E-state index >= 15 is 0 Å². The molecule has 18 heavy (non-hydrogen) atoms. The lowest BCUT2D eigenvalue weighted by atomic mass is 10.2. The summed E-state index contributed by atoms with van der Waals surface area (Å²) in [5.74, 6) is -0.675. The first-order valence-electron chi connectivity index (χ1n) is 5.11. The number of nitrogens with one attached hydrogen (secondary N) is 1. The first-order chi connectivity index (χ1) is 8.70. The lowest BCUT2D eigenvalue weighted by molar-refractivity contribution is 0.0601. The van der Waals surface area contributed by atoms with Crippen LogP contribution in [0.1, 0.15) is 10.4 Å². The molecule has 2 aromatic rings. The van der Waals surface area contributed by atoms with Gasteiger partial charge in [0.25, 0.3) is 0 Å². The summed E-state index contributed by atoms with van der Waals surface area (Å²) in [6.45, 7) is 0. The van der Waals surface area contributed by atoms with Crippen LogP contribution in [0.2, 0.25) is 0 Å². The molecule has 92 valence electrons. The maximum absolute atomic E-state index is 13.0. The Labute approximate surface area is 103 Å². The number of methoxy groups -OCH3 is 1. The first kappa shape index (κ1) is 12.0. The molecule has 0 fully saturated rings. The van der Waals surface area contributed by atoms with Gasteiger partial charge in [0.05, 0.1) is 7.11 Å². The van der Waals surface area contributed by atoms with E-state index in [-0.39, 0.29) is 17.2 Å². The molecular formula is C12H10FN3O2. The average molecular weight is 247 g/mol. The van der Waals surface area contributed by atoms with E-state index < -0.39 is 5.97 Å². The molecule has 0 aliphatic rings. The van der Waals surface area contributed by atoms with Gasteiger partial charge in [-0.25, -0.2) is 19.2 Å². The average Bonchev–Trinajstić information content (AvgIpc) is 2.38. The van der Waals surface area contributed by atoms with Gasteiger partial charge in [-0.15, -0.1) is 0 Å². The molecule has 0 spiro atoms. The normalized spacial score (nSPS) is 9.89. The smallest absolute Gasteiger partial charge is 0.343 e. The topological polar surface area (TPSA) is 64.1 Å². The van der Waals surface area contributed by atoms with Gasteiger partial charge in [-0.05, 0) is 18.2 Å². The van der Waals surface area contributed by atoms with Gasteiger partial charge in [0.2, 0.25) is 0 Å². The number of esters is 1. The Morgan fingerprint density at radius 2 is 2.28 bits per heavy atom. The van der Waals surface area contributed by atoms with Gasteiger partial charge in [0, 0.05) is 11.9 Å². The Balaban J connectivity index is 2.32. The van der Waals surface area contributed by atoms with E-state index in [0.29, 0.717) is 5.69 Å². The van der Waals surface area contributed by atoms with Crippen molar-refractivity contribution in [3.05, 3.63) is 48.2 Å². The number of rotatable bonds is 3. The summed E-state index contributed by atoms with van der Waals surface area (Å²) >= 11 is 0. The van der Waals surface area contributed by atoms with Crippen molar-refractivity contribution in [2.45, 2.75) is 0 Å². The van der Waals surface area contributed by atoms with E-state index in [9.17, 15) is 9.18 Å². The Morgan fingerprint density at radius 3 is 3.00 bits per heavy atom. The number of carbonyl (C=O) groups excluding carboxylic acids is 1. The van der Waals surface area contributed by atoms with E-state index in [1.165, 1.54) is 31.8 Å². The molecule has 1 N–H and O–H groups in total. The van der Waals surface area contributed by atoms with Crippen molar-refractivity contribution < 1.29 is 13.9 Å². The van der Waals surface area contributed by atoms with Crippen molar-refractivity contribution in [2.24, 2.45) is 0 Å². The molecule has 0 amide bonds. The molecule has 0 saturated heterocycles. The van der Waals surface area contributed by atoms with Crippen LogP contribution in [0, 0.1) is 5.82 Å². The molecule has 0 aliphatic heterocycles. The van der Waals surface area contributed by atoms with Gasteiger partial charge in [-0.2, -0.15) is 0 Å². The van der Waals surface area contributed by atoms with Crippen LogP contribution < -0.4 is 5.32 Å². The van der Waals surface area contributed by atoms with E-state index in [4.69, 9.17) is 0 Å². The van der Waals surface area contributed by atoms with Crippen molar-refractivity contribution in [2.75, 3.05) is 12.4 Å². The molecule has 0 unspecified atom stereocenters. The third-order valence-electron chi connectivity index (χ3n) is 2.20. The van der Waals surface area contributed by atoms with Gasteiger partial charge in [0.15, 0.2) is 0 Å². The van der Waals surface area contributed by atoms with Gasteiger partial charge in [-0.3, -0.25) is 0 Å². The van der Waals surface area contributed by atoms with Crippen LogP contribution >= 0.6 is 0 Å². The van der Waals surface area contributed by atoms with Crippen molar-refractivity contribution >= 4 is 17.5 Å². The summed E-state index contributed by atoms with van der Waals surface area (Å²) in [5.41, 5.74) is 0.670. The predicted octanol–water partition coefficient (Wildman–Crippen LogP) is 2.15. The van der Waals surface area contributed by atoms with E-state index in [1.54, 1.807) is 12.1 Å². The van der Waals surface area contributed by atoms with Crippen molar-refractivity contribution in [3.8, 4) is 0 Å². The molecular weight excluding hydrogens is 237 g/mol. The highest BCUT2D eigenvalue weighted by molar-refractivity contribution is 5.94. The highest BCUT2D eigenvalue weighted by atomic mass is 19.1. The van der Waals surface area contributed by atoms with E-state index in [2.05, 4.69) is 20.0 Å². The number of nitrogens with zero attached hydrogens (tertiary/aromatic N) is 2. The van der Waals surface area contributed by atoms with Crippen LogP contribution in [0.3, 0.4) is 0 Å². The largest absolute Gasteiger partial charge is 0.465 e. The zero-order chi connectivity index (χ0) is 13.0. The molecule has 2 rings (SSSR count). The molecule has 0 aliphatic carbocycles. The summed E-state index contributed by atoms with van der Waals surface area (Å²) in [7, 11) is 1.27. The van der Waals surface area contributed by atoms with Crippen LogP contribution in [-0.4, -0.2) is 23.0 Å². The SMILES string of the molecule is COC(=O)c1cncnc1Nc1cccc(F)c1. The van der Waals surface area contributed by atoms with Crippen LogP contribution in [0.15, 0.2) is 36.8 Å². The zero-order valence-electron chi connectivity index (χ0n) is 9.55. The van der Waals surface area contributed by atoms with Crippen LogP contribution in [0.25, 0.3) is 0 Å². The molecule has 1 aromatic carbocycles. The molecule has 0 bridgehead atoms. The molecule has 1 aromatic heterocycles. The number of carbonyl (C=O) groups is 1. The quantitative estimate of drug-likeness (QED) is 0.842. The lowest BCUT2D eigenvalue weighted by Crippen LogP contribution is -2.08. The minimum absolute atomic E-state index is 0.185. The molecule has 5 nitrogen and oxygen atoms in total. The van der Waals surface area contributed by atoms with E-state index in [0.717, 1.165) is 0 Å². The van der Waals surface area contributed by atoms with Gasteiger partial charge >= 0.3 is 5.97 Å². The lowest BCUT2D eigenvalue weighted by Gasteiger charge is -2.08. The maximum Gasteiger partial charge on any atom is 0.343 e. The summed E-state index contributed by atoms with van der Waals surface area (Å²) in [5, 5.41) is 2.84. The number of anilines is 2. The number of hydrogen-bond acceptors (Lipinski definition) is 5. The highest BCUT2D eigenvalue weighted by Crippen LogP contribution is 2.18. The molecule has 6 heteroatoms.